The third-order valence-corrected chi connectivity index (χ3v) is 8.02. The Bertz CT molecular complexity index is 850. The van der Waals surface area contributed by atoms with E-state index in [1.165, 1.54) is 5.56 Å². The first-order chi connectivity index (χ1) is 15.4. The fraction of sp³-hybridized carbons (Fsp3) is 0.600. The van der Waals surface area contributed by atoms with Crippen molar-refractivity contribution in [2.24, 2.45) is 11.1 Å². The molecule has 2 bridgehead atoms. The van der Waals surface area contributed by atoms with Crippen LogP contribution in [-0.2, 0) is 15.0 Å². The number of benzene rings is 1. The third-order valence-electron chi connectivity index (χ3n) is 8.02. The minimum atomic E-state index is -0.222. The average molecular weight is 444 g/mol. The molecule has 0 spiro atoms. The molecule has 2 amide bonds. The molecule has 3 aliphatic carbocycles. The van der Waals surface area contributed by atoms with Crippen LogP contribution in [0.5, 0.6) is 5.75 Å². The van der Waals surface area contributed by atoms with E-state index in [4.69, 9.17) is 10.5 Å². The Kier molecular flexibility index (Phi) is 6.56. The summed E-state index contributed by atoms with van der Waals surface area (Å²) >= 11 is 0. The summed E-state index contributed by atoms with van der Waals surface area (Å²) < 4.78 is 18.3. The molecule has 5 rings (SSSR count). The molecule has 1 aromatic carbocycles. The predicted molar refractivity (Wildman–Crippen MR) is 121 cm³/mol. The van der Waals surface area contributed by atoms with Gasteiger partial charge in [0.1, 0.15) is 12.4 Å². The van der Waals surface area contributed by atoms with E-state index in [1.54, 1.807) is 6.92 Å². The Hall–Kier alpha value is -2.41. The van der Waals surface area contributed by atoms with Crippen molar-refractivity contribution in [2.45, 2.75) is 50.9 Å². The number of carbonyl (C=O) groups is 2. The zero-order valence-electron chi connectivity index (χ0n) is 18.9. The van der Waals surface area contributed by atoms with Crippen molar-refractivity contribution in [1.82, 2.24) is 9.80 Å². The second kappa shape index (κ2) is 9.22. The van der Waals surface area contributed by atoms with Crippen LogP contribution in [0, 0.1) is 5.41 Å². The molecule has 0 unspecified atom stereocenters. The third kappa shape index (κ3) is 4.27. The van der Waals surface area contributed by atoms with Crippen LogP contribution in [0.25, 0.3) is 0 Å². The van der Waals surface area contributed by atoms with E-state index in [0.717, 1.165) is 38.5 Å². The molecule has 32 heavy (non-hydrogen) atoms. The molecule has 4 fully saturated rings. The number of ether oxygens (including phenoxy) is 1. The maximum absolute atomic E-state index is 13.4. The van der Waals surface area contributed by atoms with Gasteiger partial charge in [0.05, 0.1) is 6.33 Å². The summed E-state index contributed by atoms with van der Waals surface area (Å²) in [5.74, 6) is 1.10. The van der Waals surface area contributed by atoms with Gasteiger partial charge in [0.2, 0.25) is 11.8 Å². The fourth-order valence-corrected chi connectivity index (χ4v) is 5.72. The normalized spacial score (nSPS) is 28.0. The van der Waals surface area contributed by atoms with Crippen LogP contribution >= 0.6 is 0 Å². The van der Waals surface area contributed by atoms with E-state index < -0.39 is 0 Å². The number of nitrogens with two attached hydrogens (primary N) is 1. The van der Waals surface area contributed by atoms with E-state index in [-0.39, 0.29) is 29.9 Å². The Morgan fingerprint density at radius 1 is 1.00 bits per heavy atom. The molecule has 2 N–H and O–H groups in total. The minimum Gasteiger partial charge on any atom is -0.489 e. The van der Waals surface area contributed by atoms with Crippen molar-refractivity contribution in [3.05, 3.63) is 41.7 Å². The number of fused-ring (bicyclic) bond motifs is 3. The molecule has 7 heteroatoms. The van der Waals surface area contributed by atoms with Crippen LogP contribution < -0.4 is 10.5 Å². The molecule has 4 aliphatic rings. The minimum absolute atomic E-state index is 0.0884. The highest BCUT2D eigenvalue weighted by atomic mass is 19.1. The Morgan fingerprint density at radius 2 is 1.56 bits per heavy atom. The molecule has 0 aromatic heterocycles. The van der Waals surface area contributed by atoms with E-state index in [9.17, 15) is 14.0 Å². The molecule has 1 saturated heterocycles. The maximum atomic E-state index is 13.4. The van der Waals surface area contributed by atoms with Crippen LogP contribution in [0.1, 0.15) is 51.0 Å². The quantitative estimate of drug-likeness (QED) is 0.733. The van der Waals surface area contributed by atoms with Gasteiger partial charge in [-0.25, -0.2) is 4.39 Å². The van der Waals surface area contributed by atoms with Gasteiger partial charge in [-0.05, 0) is 61.6 Å². The summed E-state index contributed by atoms with van der Waals surface area (Å²) in [5.41, 5.74) is 7.12. The van der Waals surface area contributed by atoms with Crippen molar-refractivity contribution in [3.63, 3.8) is 0 Å². The number of nitrogens with zero attached hydrogens (tertiary/aromatic N) is 2. The van der Waals surface area contributed by atoms with Crippen LogP contribution in [0.2, 0.25) is 0 Å². The van der Waals surface area contributed by atoms with E-state index in [2.05, 4.69) is 12.1 Å². The van der Waals surface area contributed by atoms with Crippen molar-refractivity contribution in [2.75, 3.05) is 39.3 Å². The first-order valence-corrected chi connectivity index (χ1v) is 11.7. The summed E-state index contributed by atoms with van der Waals surface area (Å²) in [5, 5.41) is 0. The number of rotatable bonds is 6. The number of hydrogen-bond acceptors (Lipinski definition) is 4. The van der Waals surface area contributed by atoms with E-state index in [1.807, 2.05) is 21.9 Å². The molecule has 3 saturated carbocycles. The Labute approximate surface area is 189 Å². The van der Waals surface area contributed by atoms with Crippen LogP contribution in [0.3, 0.4) is 0 Å². The lowest BCUT2D eigenvalue weighted by Gasteiger charge is -2.54. The summed E-state index contributed by atoms with van der Waals surface area (Å²) in [6, 6.07) is 8.15. The van der Waals surface area contributed by atoms with Gasteiger partial charge < -0.3 is 20.3 Å². The largest absolute Gasteiger partial charge is 0.489 e. The lowest BCUT2D eigenvalue weighted by atomic mass is 9.51. The van der Waals surface area contributed by atoms with Gasteiger partial charge in [0.25, 0.3) is 0 Å². The predicted octanol–water partition coefficient (Wildman–Crippen LogP) is 3.16. The zero-order valence-corrected chi connectivity index (χ0v) is 18.9. The summed E-state index contributed by atoms with van der Waals surface area (Å²) in [7, 11) is 0. The average Bonchev–Trinajstić information content (AvgIpc) is 2.85. The standard InChI is InChI=1S/C25H34FN3O3/c1-19(30)28-12-14-29(15-13-28)23(31)25-9-6-24(7-10-25,8-11-25)21-2-4-22(5-3-21)32-18-20(16-26)17-27/h2-5,16H,6-15,17-18,27H2,1H3. The molecular weight excluding hydrogens is 409 g/mol. The monoisotopic (exact) mass is 443 g/mol. The van der Waals surface area contributed by atoms with Crippen molar-refractivity contribution in [1.29, 1.82) is 0 Å². The highest BCUT2D eigenvalue weighted by Gasteiger charge is 2.54. The second-order valence-electron chi connectivity index (χ2n) is 9.64. The SMILES string of the molecule is CC(=O)N1CCN(C(=O)C23CCC(c4ccc(OCC(=CF)CN)cc4)(CC2)CC3)CC1. The summed E-state index contributed by atoms with van der Waals surface area (Å²) in [6.45, 7) is 4.47. The highest BCUT2D eigenvalue weighted by Crippen LogP contribution is 2.58. The maximum Gasteiger partial charge on any atom is 0.228 e. The summed E-state index contributed by atoms with van der Waals surface area (Å²) in [4.78, 5) is 28.8. The van der Waals surface area contributed by atoms with Gasteiger partial charge in [-0.3, -0.25) is 9.59 Å². The molecule has 1 aromatic rings. The number of amides is 2. The first-order valence-electron chi connectivity index (χ1n) is 11.7. The smallest absolute Gasteiger partial charge is 0.228 e. The highest BCUT2D eigenvalue weighted by molar-refractivity contribution is 5.84. The molecule has 1 aliphatic heterocycles. The van der Waals surface area contributed by atoms with E-state index in [0.29, 0.717) is 49.7 Å². The van der Waals surface area contributed by atoms with Crippen molar-refractivity contribution in [3.8, 4) is 5.75 Å². The van der Waals surface area contributed by atoms with Crippen molar-refractivity contribution < 1.29 is 18.7 Å². The van der Waals surface area contributed by atoms with Crippen LogP contribution in [0.15, 0.2) is 36.2 Å². The second-order valence-corrected chi connectivity index (χ2v) is 9.64. The lowest BCUT2D eigenvalue weighted by molar-refractivity contribution is -0.153. The summed E-state index contributed by atoms with van der Waals surface area (Å²) in [6.07, 6.45) is 6.36. The van der Waals surface area contributed by atoms with Gasteiger partial charge in [-0.1, -0.05) is 12.1 Å². The number of piperazine rings is 1. The van der Waals surface area contributed by atoms with Gasteiger partial charge in [-0.15, -0.1) is 0 Å². The number of halogens is 1. The van der Waals surface area contributed by atoms with Gasteiger partial charge in [0.15, 0.2) is 0 Å². The van der Waals surface area contributed by atoms with Gasteiger partial charge >= 0.3 is 0 Å². The molecule has 1 heterocycles. The first kappa shape index (κ1) is 22.8. The topological polar surface area (TPSA) is 75.9 Å². The van der Waals surface area contributed by atoms with E-state index >= 15 is 0 Å². The van der Waals surface area contributed by atoms with Crippen LogP contribution in [-0.4, -0.2) is 60.9 Å². The zero-order chi connectivity index (χ0) is 22.8. The Balaban J connectivity index is 1.36. The molecule has 6 nitrogen and oxygen atoms in total. The van der Waals surface area contributed by atoms with Crippen LogP contribution in [0.4, 0.5) is 4.39 Å². The molecular formula is C25H34FN3O3. The number of carbonyl (C=O) groups excluding carboxylic acids is 2. The molecule has 0 atom stereocenters. The molecule has 0 radical (unpaired) electrons. The van der Waals surface area contributed by atoms with Gasteiger partial charge in [-0.2, -0.15) is 0 Å². The van der Waals surface area contributed by atoms with Gasteiger partial charge in [0, 0.05) is 50.6 Å². The Morgan fingerprint density at radius 3 is 2.06 bits per heavy atom. The van der Waals surface area contributed by atoms with Crippen molar-refractivity contribution >= 4 is 11.8 Å². The lowest BCUT2D eigenvalue weighted by Crippen LogP contribution is -2.57. The fourth-order valence-electron chi connectivity index (χ4n) is 5.72. The molecule has 174 valence electrons. The number of hydrogen-bond donors (Lipinski definition) is 1.